The number of aryl methyl sites for hydroxylation is 1. The zero-order valence-electron chi connectivity index (χ0n) is 12.8. The molecule has 1 aliphatic carbocycles. The topological polar surface area (TPSA) is 66.4 Å². The van der Waals surface area contributed by atoms with Crippen molar-refractivity contribution >= 4 is 10.0 Å². The van der Waals surface area contributed by atoms with Gasteiger partial charge in [-0.05, 0) is 42.9 Å². The summed E-state index contributed by atoms with van der Waals surface area (Å²) < 4.78 is 27.1. The Morgan fingerprint density at radius 3 is 2.57 bits per heavy atom. The van der Waals surface area contributed by atoms with Gasteiger partial charge in [-0.3, -0.25) is 0 Å². The Hall–Kier alpha value is -0.910. The summed E-state index contributed by atoms with van der Waals surface area (Å²) in [5.74, 6) is 0.442. The Kier molecular flexibility index (Phi) is 5.07. The number of sulfonamides is 1. The Labute approximate surface area is 127 Å². The molecule has 1 fully saturated rings. The Morgan fingerprint density at radius 1 is 1.33 bits per heavy atom. The zero-order chi connectivity index (χ0) is 15.5. The predicted octanol–water partition coefficient (Wildman–Crippen LogP) is 2.47. The van der Waals surface area contributed by atoms with E-state index in [0.717, 1.165) is 24.8 Å². The normalized spacial score (nSPS) is 26.7. The van der Waals surface area contributed by atoms with Crippen LogP contribution in [0.3, 0.4) is 0 Å². The summed E-state index contributed by atoms with van der Waals surface area (Å²) in [6.07, 6.45) is 4.25. The van der Waals surface area contributed by atoms with Crippen LogP contribution in [0.5, 0.6) is 0 Å². The first-order valence-corrected chi connectivity index (χ1v) is 9.14. The Bertz CT molecular complexity index is 568. The van der Waals surface area contributed by atoms with Crippen molar-refractivity contribution in [3.63, 3.8) is 0 Å². The van der Waals surface area contributed by atoms with Crippen molar-refractivity contribution in [2.24, 2.45) is 5.92 Å². The van der Waals surface area contributed by atoms with E-state index in [1.807, 2.05) is 19.1 Å². The van der Waals surface area contributed by atoms with Gasteiger partial charge >= 0.3 is 0 Å². The van der Waals surface area contributed by atoms with E-state index in [1.165, 1.54) is 0 Å². The first-order chi connectivity index (χ1) is 9.85. The fourth-order valence-electron chi connectivity index (χ4n) is 3.01. The van der Waals surface area contributed by atoms with Gasteiger partial charge in [0.2, 0.25) is 10.0 Å². The van der Waals surface area contributed by atoms with Crippen molar-refractivity contribution in [2.45, 2.75) is 56.4 Å². The molecule has 4 nitrogen and oxygen atoms in total. The highest BCUT2D eigenvalue weighted by molar-refractivity contribution is 7.89. The number of hydrogen-bond acceptors (Lipinski definition) is 3. The van der Waals surface area contributed by atoms with Gasteiger partial charge in [-0.15, -0.1) is 0 Å². The van der Waals surface area contributed by atoms with Crippen LogP contribution in [0, 0.1) is 5.92 Å². The molecule has 0 radical (unpaired) electrons. The number of nitrogens with one attached hydrogen (secondary N) is 1. The molecule has 2 atom stereocenters. The third-order valence-corrected chi connectivity index (χ3v) is 5.72. The van der Waals surface area contributed by atoms with E-state index in [2.05, 4.69) is 11.6 Å². The van der Waals surface area contributed by atoms with Crippen LogP contribution in [-0.4, -0.2) is 25.7 Å². The Morgan fingerprint density at radius 2 is 2.00 bits per heavy atom. The minimum atomic E-state index is -3.55. The lowest BCUT2D eigenvalue weighted by molar-refractivity contribution is -0.00751. The molecule has 0 bridgehead atoms. The molecule has 1 aliphatic rings. The van der Waals surface area contributed by atoms with Gasteiger partial charge in [-0.1, -0.05) is 38.8 Å². The van der Waals surface area contributed by atoms with Crippen molar-refractivity contribution in [1.82, 2.24) is 4.72 Å². The van der Waals surface area contributed by atoms with Crippen LogP contribution >= 0.6 is 0 Å². The molecule has 1 saturated carbocycles. The number of aliphatic hydroxyl groups is 1. The van der Waals surface area contributed by atoms with Crippen molar-refractivity contribution < 1.29 is 13.5 Å². The van der Waals surface area contributed by atoms with Crippen LogP contribution in [0.25, 0.3) is 0 Å². The maximum atomic E-state index is 12.3. The van der Waals surface area contributed by atoms with Crippen molar-refractivity contribution in [1.29, 1.82) is 0 Å². The summed E-state index contributed by atoms with van der Waals surface area (Å²) in [5, 5.41) is 10.5. The number of rotatable bonds is 5. The molecule has 1 aromatic carbocycles. The van der Waals surface area contributed by atoms with Gasteiger partial charge in [-0.25, -0.2) is 13.1 Å². The highest BCUT2D eigenvalue weighted by Gasteiger charge is 2.33. The highest BCUT2D eigenvalue weighted by atomic mass is 32.2. The molecular weight excluding hydrogens is 286 g/mol. The molecule has 1 aromatic rings. The standard InChI is InChI=1S/C16H25NO3S/c1-3-14-6-8-15(9-7-14)21(19,20)17-12-16(18)10-4-5-13(2)11-16/h6-9,13,17-18H,3-5,10-12H2,1-2H3. The summed E-state index contributed by atoms with van der Waals surface area (Å²) in [5.41, 5.74) is 0.197. The van der Waals surface area contributed by atoms with Gasteiger partial charge in [-0.2, -0.15) is 0 Å². The lowest BCUT2D eigenvalue weighted by atomic mass is 9.79. The maximum Gasteiger partial charge on any atom is 0.240 e. The van der Waals surface area contributed by atoms with Gasteiger partial charge in [0.25, 0.3) is 0 Å². The number of hydrogen-bond donors (Lipinski definition) is 2. The third-order valence-electron chi connectivity index (χ3n) is 4.30. The van der Waals surface area contributed by atoms with E-state index in [1.54, 1.807) is 12.1 Å². The molecule has 0 aliphatic heterocycles. The first kappa shape index (κ1) is 16.5. The molecule has 0 amide bonds. The summed E-state index contributed by atoms with van der Waals surface area (Å²) in [7, 11) is -3.55. The van der Waals surface area contributed by atoms with Gasteiger partial charge in [0.1, 0.15) is 0 Å². The van der Waals surface area contributed by atoms with E-state index in [-0.39, 0.29) is 11.4 Å². The second-order valence-electron chi connectivity index (χ2n) is 6.25. The predicted molar refractivity (Wildman–Crippen MR) is 83.6 cm³/mol. The van der Waals surface area contributed by atoms with Crippen molar-refractivity contribution in [2.75, 3.05) is 6.54 Å². The van der Waals surface area contributed by atoms with Gasteiger partial charge in [0, 0.05) is 6.54 Å². The number of benzene rings is 1. The third kappa shape index (κ3) is 4.28. The first-order valence-electron chi connectivity index (χ1n) is 7.66. The SMILES string of the molecule is CCc1ccc(S(=O)(=O)NCC2(O)CCCC(C)C2)cc1. The molecule has 2 rings (SSSR count). The van der Waals surface area contributed by atoms with Crippen molar-refractivity contribution in [3.8, 4) is 0 Å². The van der Waals surface area contributed by atoms with Crippen molar-refractivity contribution in [3.05, 3.63) is 29.8 Å². The second kappa shape index (κ2) is 6.46. The average Bonchev–Trinajstić information content (AvgIpc) is 2.45. The fraction of sp³-hybridized carbons (Fsp3) is 0.625. The molecule has 21 heavy (non-hydrogen) atoms. The van der Waals surface area contributed by atoms with Crippen LogP contribution in [0.1, 0.15) is 45.1 Å². The van der Waals surface area contributed by atoms with Gasteiger partial charge in [0.15, 0.2) is 0 Å². The summed E-state index contributed by atoms with van der Waals surface area (Å²) in [6.45, 7) is 4.22. The molecule has 0 spiro atoms. The van der Waals surface area contributed by atoms with E-state index in [4.69, 9.17) is 0 Å². The lowest BCUT2D eigenvalue weighted by Gasteiger charge is -2.35. The van der Waals surface area contributed by atoms with Crippen LogP contribution in [-0.2, 0) is 16.4 Å². The summed E-state index contributed by atoms with van der Waals surface area (Å²) in [4.78, 5) is 0.257. The second-order valence-corrected chi connectivity index (χ2v) is 8.01. The fourth-order valence-corrected chi connectivity index (χ4v) is 4.13. The van der Waals surface area contributed by atoms with Crippen LogP contribution in [0.15, 0.2) is 29.2 Å². The van der Waals surface area contributed by atoms with E-state index < -0.39 is 15.6 Å². The van der Waals surface area contributed by atoms with Crippen LogP contribution < -0.4 is 4.72 Å². The monoisotopic (exact) mass is 311 g/mol. The molecule has 2 unspecified atom stereocenters. The molecule has 0 aromatic heterocycles. The average molecular weight is 311 g/mol. The van der Waals surface area contributed by atoms with E-state index in [0.29, 0.717) is 18.8 Å². The molecule has 0 saturated heterocycles. The largest absolute Gasteiger partial charge is 0.389 e. The lowest BCUT2D eigenvalue weighted by Crippen LogP contribution is -2.45. The van der Waals surface area contributed by atoms with E-state index >= 15 is 0 Å². The van der Waals surface area contributed by atoms with Crippen LogP contribution in [0.2, 0.25) is 0 Å². The minimum Gasteiger partial charge on any atom is -0.389 e. The van der Waals surface area contributed by atoms with E-state index in [9.17, 15) is 13.5 Å². The molecule has 0 heterocycles. The minimum absolute atomic E-state index is 0.0925. The smallest absolute Gasteiger partial charge is 0.240 e. The quantitative estimate of drug-likeness (QED) is 0.878. The maximum absolute atomic E-state index is 12.3. The Balaban J connectivity index is 2.03. The van der Waals surface area contributed by atoms with Gasteiger partial charge in [0.05, 0.1) is 10.5 Å². The highest BCUT2D eigenvalue weighted by Crippen LogP contribution is 2.31. The molecule has 2 N–H and O–H groups in total. The summed E-state index contributed by atoms with van der Waals surface area (Å²) in [6, 6.07) is 6.89. The van der Waals surface area contributed by atoms with Gasteiger partial charge < -0.3 is 5.11 Å². The molecular formula is C16H25NO3S. The summed E-state index contributed by atoms with van der Waals surface area (Å²) >= 11 is 0. The molecule has 5 heteroatoms. The zero-order valence-corrected chi connectivity index (χ0v) is 13.6. The van der Waals surface area contributed by atoms with Crippen LogP contribution in [0.4, 0.5) is 0 Å². The molecule has 118 valence electrons.